The van der Waals surface area contributed by atoms with Gasteiger partial charge < -0.3 is 9.52 Å². The number of rotatable bonds is 3. The Morgan fingerprint density at radius 1 is 1.40 bits per heavy atom. The lowest BCUT2D eigenvalue weighted by atomic mass is 10.0. The third kappa shape index (κ3) is 2.10. The maximum absolute atomic E-state index is 11.6. The second kappa shape index (κ2) is 4.63. The molecule has 1 aliphatic rings. The second-order valence-corrected chi connectivity index (χ2v) is 6.04. The van der Waals surface area contributed by atoms with E-state index < -0.39 is 5.97 Å². The Labute approximate surface area is 118 Å². The van der Waals surface area contributed by atoms with Crippen LogP contribution in [0.4, 0.5) is 0 Å². The number of hydrogen-bond donors (Lipinski definition) is 1. The Morgan fingerprint density at radius 2 is 2.15 bits per heavy atom. The highest BCUT2D eigenvalue weighted by atomic mass is 16.4. The number of likely N-dealkylation sites (tertiary alicyclic amines) is 1. The minimum absolute atomic E-state index is 0.106. The number of carboxylic acid groups (broad SMARTS) is 1. The number of para-hydroxylation sites is 1. The summed E-state index contributed by atoms with van der Waals surface area (Å²) in [7, 11) is 0. The summed E-state index contributed by atoms with van der Waals surface area (Å²) in [6.45, 7) is 5.94. The fraction of sp³-hybridized carbons (Fsp3) is 0.438. The van der Waals surface area contributed by atoms with Gasteiger partial charge in [0.2, 0.25) is 0 Å². The summed E-state index contributed by atoms with van der Waals surface area (Å²) in [5.74, 6) is -0.351. The zero-order chi connectivity index (χ0) is 14.3. The first-order chi connectivity index (χ1) is 9.49. The summed E-state index contributed by atoms with van der Waals surface area (Å²) in [6, 6.07) is 7.33. The molecule has 1 fully saturated rings. The van der Waals surface area contributed by atoms with Gasteiger partial charge in [0.15, 0.2) is 0 Å². The Hall–Kier alpha value is -1.81. The van der Waals surface area contributed by atoms with E-state index >= 15 is 0 Å². The van der Waals surface area contributed by atoms with Crippen LogP contribution in [0.25, 0.3) is 11.0 Å². The predicted molar refractivity (Wildman–Crippen MR) is 76.9 cm³/mol. The Morgan fingerprint density at radius 3 is 2.80 bits per heavy atom. The predicted octanol–water partition coefficient (Wildman–Crippen LogP) is 3.51. The Kier molecular flexibility index (Phi) is 3.05. The van der Waals surface area contributed by atoms with Crippen molar-refractivity contribution in [2.45, 2.75) is 38.8 Å². The van der Waals surface area contributed by atoms with Crippen LogP contribution in [0.3, 0.4) is 0 Å². The zero-order valence-electron chi connectivity index (χ0n) is 11.8. The molecule has 0 radical (unpaired) electrons. The van der Waals surface area contributed by atoms with Crippen LogP contribution < -0.4 is 0 Å². The summed E-state index contributed by atoms with van der Waals surface area (Å²) >= 11 is 0. The smallest absolute Gasteiger partial charge is 0.339 e. The molecule has 1 N–H and O–H groups in total. The van der Waals surface area contributed by atoms with Crippen molar-refractivity contribution in [3.63, 3.8) is 0 Å². The van der Waals surface area contributed by atoms with Gasteiger partial charge >= 0.3 is 5.97 Å². The normalized spacial score (nSPS) is 18.7. The van der Waals surface area contributed by atoms with E-state index in [2.05, 4.69) is 18.7 Å². The van der Waals surface area contributed by atoms with E-state index in [0.717, 1.165) is 19.4 Å². The summed E-state index contributed by atoms with van der Waals surface area (Å²) in [4.78, 5) is 13.9. The first-order valence-electron chi connectivity index (χ1n) is 6.98. The molecule has 1 aliphatic heterocycles. The lowest BCUT2D eigenvalue weighted by Gasteiger charge is -2.30. The number of carboxylic acids is 1. The molecule has 1 aromatic carbocycles. The van der Waals surface area contributed by atoms with Crippen molar-refractivity contribution < 1.29 is 14.3 Å². The van der Waals surface area contributed by atoms with Crippen molar-refractivity contribution in [1.82, 2.24) is 4.90 Å². The van der Waals surface area contributed by atoms with E-state index in [9.17, 15) is 9.90 Å². The monoisotopic (exact) mass is 273 g/mol. The van der Waals surface area contributed by atoms with Gasteiger partial charge in [0.05, 0.1) is 6.54 Å². The highest BCUT2D eigenvalue weighted by Crippen LogP contribution is 2.33. The standard InChI is InChI=1S/C16H19NO3/c1-16(2)8-5-9-17(16)10-13-14(15(18)19)11-6-3-4-7-12(11)20-13/h3-4,6-7H,5,8-10H2,1-2H3,(H,18,19). The molecule has 4 nitrogen and oxygen atoms in total. The molecule has 0 aliphatic carbocycles. The van der Waals surface area contributed by atoms with Crippen LogP contribution in [0.5, 0.6) is 0 Å². The van der Waals surface area contributed by atoms with Crippen molar-refractivity contribution in [2.75, 3.05) is 6.54 Å². The highest BCUT2D eigenvalue weighted by molar-refractivity contribution is 6.03. The third-order valence-corrected chi connectivity index (χ3v) is 4.29. The van der Waals surface area contributed by atoms with Crippen LogP contribution in [0.15, 0.2) is 28.7 Å². The van der Waals surface area contributed by atoms with Crippen LogP contribution in [-0.4, -0.2) is 28.1 Å². The Balaban J connectivity index is 2.03. The maximum atomic E-state index is 11.6. The second-order valence-electron chi connectivity index (χ2n) is 6.04. The van der Waals surface area contributed by atoms with E-state index in [-0.39, 0.29) is 5.54 Å². The fourth-order valence-corrected chi connectivity index (χ4v) is 3.07. The number of benzene rings is 1. The quantitative estimate of drug-likeness (QED) is 0.929. The molecular formula is C16H19NO3. The van der Waals surface area contributed by atoms with E-state index in [1.165, 1.54) is 0 Å². The molecule has 2 aromatic rings. The molecule has 0 saturated carbocycles. The maximum Gasteiger partial charge on any atom is 0.339 e. The largest absolute Gasteiger partial charge is 0.478 e. The number of furan rings is 1. The van der Waals surface area contributed by atoms with Crippen molar-refractivity contribution in [3.05, 3.63) is 35.6 Å². The zero-order valence-corrected chi connectivity index (χ0v) is 11.8. The summed E-state index contributed by atoms with van der Waals surface area (Å²) in [5, 5.41) is 10.2. The van der Waals surface area contributed by atoms with Gasteiger partial charge in [-0.05, 0) is 39.3 Å². The van der Waals surface area contributed by atoms with Gasteiger partial charge in [-0.25, -0.2) is 4.79 Å². The molecule has 0 unspecified atom stereocenters. The molecule has 20 heavy (non-hydrogen) atoms. The highest BCUT2D eigenvalue weighted by Gasteiger charge is 2.33. The molecule has 1 aromatic heterocycles. The van der Waals surface area contributed by atoms with Gasteiger partial charge in [0.1, 0.15) is 16.9 Å². The number of carbonyl (C=O) groups is 1. The van der Waals surface area contributed by atoms with Crippen molar-refractivity contribution in [3.8, 4) is 0 Å². The average Bonchev–Trinajstić information content (AvgIpc) is 2.90. The van der Waals surface area contributed by atoms with E-state index in [0.29, 0.717) is 28.8 Å². The van der Waals surface area contributed by atoms with Crippen LogP contribution >= 0.6 is 0 Å². The van der Waals surface area contributed by atoms with E-state index in [1.54, 1.807) is 6.07 Å². The third-order valence-electron chi connectivity index (χ3n) is 4.29. The number of aromatic carboxylic acids is 1. The Bertz CT molecular complexity index is 657. The van der Waals surface area contributed by atoms with Gasteiger partial charge in [-0.15, -0.1) is 0 Å². The van der Waals surface area contributed by atoms with Crippen molar-refractivity contribution in [2.24, 2.45) is 0 Å². The van der Waals surface area contributed by atoms with Crippen LogP contribution in [0.1, 0.15) is 42.8 Å². The van der Waals surface area contributed by atoms with E-state index in [1.807, 2.05) is 18.2 Å². The van der Waals surface area contributed by atoms with Gasteiger partial charge in [-0.1, -0.05) is 18.2 Å². The van der Waals surface area contributed by atoms with E-state index in [4.69, 9.17) is 4.42 Å². The van der Waals surface area contributed by atoms with Crippen LogP contribution in [0.2, 0.25) is 0 Å². The molecule has 0 amide bonds. The molecule has 1 saturated heterocycles. The molecule has 2 heterocycles. The SMILES string of the molecule is CC1(C)CCCN1Cc1oc2ccccc2c1C(=O)O. The van der Waals surface area contributed by atoms with Gasteiger partial charge in [0.25, 0.3) is 0 Å². The average molecular weight is 273 g/mol. The minimum Gasteiger partial charge on any atom is -0.478 e. The molecule has 0 atom stereocenters. The molecule has 106 valence electrons. The topological polar surface area (TPSA) is 53.7 Å². The van der Waals surface area contributed by atoms with Crippen molar-refractivity contribution in [1.29, 1.82) is 0 Å². The lowest BCUT2D eigenvalue weighted by Crippen LogP contribution is -2.37. The van der Waals surface area contributed by atoms with Crippen LogP contribution in [0, 0.1) is 0 Å². The van der Waals surface area contributed by atoms with Gasteiger partial charge in [-0.3, -0.25) is 4.90 Å². The molecule has 0 bridgehead atoms. The first-order valence-corrected chi connectivity index (χ1v) is 6.98. The van der Waals surface area contributed by atoms with Gasteiger partial charge in [0, 0.05) is 10.9 Å². The molecule has 3 rings (SSSR count). The number of fused-ring (bicyclic) bond motifs is 1. The number of nitrogens with zero attached hydrogens (tertiary/aromatic N) is 1. The summed E-state index contributed by atoms with van der Waals surface area (Å²) < 4.78 is 5.79. The molecule has 0 spiro atoms. The fourth-order valence-electron chi connectivity index (χ4n) is 3.07. The number of hydrogen-bond acceptors (Lipinski definition) is 3. The minimum atomic E-state index is -0.915. The first kappa shape index (κ1) is 13.2. The lowest BCUT2D eigenvalue weighted by molar-refractivity contribution is 0.0692. The molecular weight excluding hydrogens is 254 g/mol. The molecule has 4 heteroatoms. The van der Waals surface area contributed by atoms with Gasteiger partial charge in [-0.2, -0.15) is 0 Å². The summed E-state index contributed by atoms with van der Waals surface area (Å²) in [6.07, 6.45) is 2.28. The van der Waals surface area contributed by atoms with Crippen LogP contribution in [-0.2, 0) is 6.54 Å². The van der Waals surface area contributed by atoms with Crippen molar-refractivity contribution >= 4 is 16.9 Å². The summed E-state index contributed by atoms with van der Waals surface area (Å²) in [5.41, 5.74) is 1.06.